The maximum Gasteiger partial charge on any atom is 0.191 e. The van der Waals surface area contributed by atoms with Crippen molar-refractivity contribution < 1.29 is 4.79 Å². The molecule has 0 saturated carbocycles. The third kappa shape index (κ3) is 3.48. The highest BCUT2D eigenvalue weighted by molar-refractivity contribution is 6.55. The van der Waals surface area contributed by atoms with Gasteiger partial charge in [0.15, 0.2) is 5.78 Å². The number of alkyl halides is 1. The number of halogens is 2. The van der Waals surface area contributed by atoms with E-state index in [1.54, 1.807) is 0 Å². The zero-order valence-corrected chi connectivity index (χ0v) is 34.7. The Morgan fingerprint density at radius 2 is 0.968 bits per heavy atom. The predicted molar refractivity (Wildman–Crippen MR) is 251 cm³/mol. The summed E-state index contributed by atoms with van der Waals surface area (Å²) in [7, 11) is 0. The number of rotatable bonds is 2. The zero-order valence-electron chi connectivity index (χ0n) is 33.1. The van der Waals surface area contributed by atoms with Gasteiger partial charge in [-0.15, -0.1) is 11.6 Å². The molecule has 288 valence electrons. The van der Waals surface area contributed by atoms with Gasteiger partial charge in [-0.25, -0.2) is 0 Å². The lowest BCUT2D eigenvalue weighted by molar-refractivity contribution is 0.103. The van der Waals surface area contributed by atoms with Gasteiger partial charge in [0.1, 0.15) is 0 Å². The van der Waals surface area contributed by atoms with Crippen LogP contribution in [0.4, 0.5) is 0 Å². The van der Waals surface area contributed by atoms with Crippen molar-refractivity contribution in [1.29, 1.82) is 0 Å². The Bertz CT molecular complexity index is 3560. The number of Topliss-reactive ketones (excluding diaryl/α,β-unsaturated/α-hetero) is 1. The second-order valence-electron chi connectivity index (χ2n) is 17.7. The van der Waals surface area contributed by atoms with Gasteiger partial charge in [0.2, 0.25) is 0 Å². The van der Waals surface area contributed by atoms with E-state index >= 15 is 4.79 Å². The van der Waals surface area contributed by atoms with E-state index in [0.29, 0.717) is 0 Å². The molecule has 3 heteroatoms. The molecule has 0 radical (unpaired) electrons. The fourth-order valence-corrected chi connectivity index (χ4v) is 14.5. The Balaban J connectivity index is 1.28. The number of carbonyl (C=O) groups excluding carboxylic acids is 1. The van der Waals surface area contributed by atoms with Gasteiger partial charge in [-0.2, -0.15) is 0 Å². The van der Waals surface area contributed by atoms with E-state index in [9.17, 15) is 0 Å². The molecule has 7 aromatic carbocycles. The molecule has 0 bridgehead atoms. The fourth-order valence-electron chi connectivity index (χ4n) is 13.8. The molecule has 2 unspecified atom stereocenters. The van der Waals surface area contributed by atoms with E-state index in [1.807, 2.05) is 6.07 Å². The summed E-state index contributed by atoms with van der Waals surface area (Å²) in [5, 5.41) is 0.377. The maximum atomic E-state index is 16.3. The predicted octanol–water partition coefficient (Wildman–Crippen LogP) is 14.2. The summed E-state index contributed by atoms with van der Waals surface area (Å²) in [5.74, 6) is -0.133. The van der Waals surface area contributed by atoms with E-state index in [-0.39, 0.29) is 17.1 Å². The molecule has 4 atom stereocenters. The highest BCUT2D eigenvalue weighted by atomic mass is 35.5. The summed E-state index contributed by atoms with van der Waals surface area (Å²) in [5.41, 5.74) is 23.8. The zero-order chi connectivity index (χ0) is 40.8. The lowest BCUT2D eigenvalue weighted by Gasteiger charge is -2.57. The van der Waals surface area contributed by atoms with Crippen LogP contribution in [0, 0.1) is 0 Å². The third-order valence-corrected chi connectivity index (χ3v) is 16.3. The number of hydrogen-bond acceptors (Lipinski definition) is 1. The first-order chi connectivity index (χ1) is 30.6. The number of carbonyl (C=O) groups is 1. The largest absolute Gasteiger partial charge is 0.289 e. The van der Waals surface area contributed by atoms with Crippen LogP contribution in [0.25, 0.3) is 38.5 Å². The Morgan fingerprint density at radius 3 is 1.69 bits per heavy atom. The van der Waals surface area contributed by atoms with Crippen molar-refractivity contribution in [1.82, 2.24) is 0 Å². The SMILES string of the molecule is O=C1C2=C3C4=C(C5=C(c6ccccc6C5Cl)C(c5ccccc5)[C@@]45C4=C(C6=C(Cl)c7ccccc7C6=C(c6ccccc6)[C@]24c2ccccc21)c1ccccc15)c1ccccc13. The first-order valence-corrected chi connectivity index (χ1v) is 22.3. The minimum atomic E-state index is -1.01. The molecule has 0 amide bonds. The summed E-state index contributed by atoms with van der Waals surface area (Å²) in [4.78, 5) is 16.3. The van der Waals surface area contributed by atoms with Crippen LogP contribution in [-0.2, 0) is 10.8 Å². The average molecular weight is 828 g/mol. The van der Waals surface area contributed by atoms with Crippen LogP contribution in [0.15, 0.2) is 210 Å². The maximum absolute atomic E-state index is 16.3. The van der Waals surface area contributed by atoms with E-state index in [1.165, 1.54) is 44.5 Å². The van der Waals surface area contributed by atoms with E-state index in [0.717, 1.165) is 88.6 Å². The van der Waals surface area contributed by atoms with Gasteiger partial charge in [0.05, 0.1) is 21.2 Å². The minimum Gasteiger partial charge on any atom is -0.289 e. The molecule has 0 N–H and O–H groups in total. The molecular formula is C59H32Cl2O. The van der Waals surface area contributed by atoms with Crippen molar-refractivity contribution in [3.05, 3.63) is 277 Å². The Labute approximate surface area is 369 Å². The third-order valence-electron chi connectivity index (χ3n) is 15.5. The van der Waals surface area contributed by atoms with E-state index in [2.05, 4.69) is 176 Å². The van der Waals surface area contributed by atoms with Gasteiger partial charge < -0.3 is 0 Å². The van der Waals surface area contributed by atoms with Gasteiger partial charge in [-0.1, -0.05) is 194 Å². The fraction of sp³-hybridized carbons (Fsp3) is 0.0678. The first-order valence-electron chi connectivity index (χ1n) is 21.5. The molecule has 0 aliphatic heterocycles. The molecule has 0 fully saturated rings. The average Bonchev–Trinajstić information content (AvgIpc) is 4.07. The van der Waals surface area contributed by atoms with Crippen molar-refractivity contribution in [3.8, 4) is 0 Å². The van der Waals surface area contributed by atoms with Gasteiger partial charge in [0, 0.05) is 28.2 Å². The van der Waals surface area contributed by atoms with Gasteiger partial charge >= 0.3 is 0 Å². The first kappa shape index (κ1) is 33.9. The van der Waals surface area contributed by atoms with Crippen molar-refractivity contribution in [3.63, 3.8) is 0 Å². The smallest absolute Gasteiger partial charge is 0.191 e. The molecule has 0 heterocycles. The molecule has 8 aliphatic rings. The Morgan fingerprint density at radius 1 is 0.419 bits per heavy atom. The topological polar surface area (TPSA) is 17.1 Å². The summed E-state index contributed by atoms with van der Waals surface area (Å²) < 4.78 is 0. The second kappa shape index (κ2) is 11.4. The minimum absolute atomic E-state index is 0.0857. The van der Waals surface area contributed by atoms with Crippen molar-refractivity contribution >= 4 is 67.5 Å². The van der Waals surface area contributed by atoms with Crippen molar-refractivity contribution in [2.75, 3.05) is 0 Å². The lowest BCUT2D eigenvalue weighted by Crippen LogP contribution is -2.51. The molecular weight excluding hydrogens is 796 g/mol. The Hall–Kier alpha value is -6.77. The van der Waals surface area contributed by atoms with Crippen molar-refractivity contribution in [2.24, 2.45) is 0 Å². The molecule has 1 nitrogen and oxygen atoms in total. The normalized spacial score (nSPS) is 24.7. The number of ketones is 1. The number of allylic oxidation sites excluding steroid dienone is 11. The van der Waals surface area contributed by atoms with Crippen LogP contribution in [-0.4, -0.2) is 5.78 Å². The van der Waals surface area contributed by atoms with Crippen LogP contribution in [0.1, 0.15) is 82.9 Å². The summed E-state index contributed by atoms with van der Waals surface area (Å²) >= 11 is 15.9. The Kier molecular flexibility index (Phi) is 6.22. The van der Waals surface area contributed by atoms with E-state index in [4.69, 9.17) is 23.2 Å². The molecule has 7 aromatic rings. The molecule has 0 saturated heterocycles. The second-order valence-corrected chi connectivity index (χ2v) is 18.6. The van der Waals surface area contributed by atoms with Gasteiger partial charge in [-0.3, -0.25) is 4.79 Å². The molecule has 8 aliphatic carbocycles. The highest BCUT2D eigenvalue weighted by Crippen LogP contribution is 2.83. The van der Waals surface area contributed by atoms with Crippen LogP contribution in [0.2, 0.25) is 0 Å². The summed E-state index contributed by atoms with van der Waals surface area (Å²) in [6.45, 7) is 0. The molecule has 0 aromatic heterocycles. The lowest BCUT2D eigenvalue weighted by atomic mass is 9.43. The number of hydrogen-bond donors (Lipinski definition) is 0. The van der Waals surface area contributed by atoms with Crippen LogP contribution in [0.5, 0.6) is 0 Å². The quantitative estimate of drug-likeness (QED) is 0.159. The van der Waals surface area contributed by atoms with Gasteiger partial charge in [-0.05, 0) is 106 Å². The standard InChI is InChI=1S/C59H32Cl2O/c60-54-37-25-11-9-23-35(37)43-48(54)45-33-21-7-8-22-34(33)47-52(45)58(50(43)31-17-3-1-4-18-31)41-29-15-13-27-39(41)46-49-44(36-24-10-12-26-38(36)55(49)61)51(32-19-5-2-6-20-32)59(57(46)58)42-30-16-14-28-40(42)56(62)53(47)59/h1-30,50,54H/t50?,54?,58-,59-/m1/s1. The number of benzene rings is 7. The van der Waals surface area contributed by atoms with Crippen LogP contribution >= 0.6 is 23.2 Å². The van der Waals surface area contributed by atoms with E-state index < -0.39 is 10.8 Å². The summed E-state index contributed by atoms with van der Waals surface area (Å²) in [6.07, 6.45) is 0. The van der Waals surface area contributed by atoms with Crippen LogP contribution in [0.3, 0.4) is 0 Å². The molecule has 62 heavy (non-hydrogen) atoms. The van der Waals surface area contributed by atoms with Crippen molar-refractivity contribution in [2.45, 2.75) is 22.1 Å². The van der Waals surface area contributed by atoms with Gasteiger partial charge in [0.25, 0.3) is 0 Å². The number of fused-ring (bicyclic) bond motifs is 13. The molecule has 2 spiro atoms. The highest BCUT2D eigenvalue weighted by Gasteiger charge is 2.74. The summed E-state index contributed by atoms with van der Waals surface area (Å²) in [6, 6.07) is 65.9. The molecule has 15 rings (SSSR count). The van der Waals surface area contributed by atoms with Crippen LogP contribution < -0.4 is 0 Å². The monoisotopic (exact) mass is 826 g/mol.